The van der Waals surface area contributed by atoms with Crippen LogP contribution in [-0.2, 0) is 22.7 Å². The largest absolute Gasteiger partial charge is 0.368 e. The predicted octanol–water partition coefficient (Wildman–Crippen LogP) is 0.497. The second-order valence-corrected chi connectivity index (χ2v) is 7.64. The number of rotatable bonds is 2. The van der Waals surface area contributed by atoms with Gasteiger partial charge in [-0.2, -0.15) is 0 Å². The number of anilines is 1. The van der Waals surface area contributed by atoms with Gasteiger partial charge >= 0.3 is 0 Å². The molecule has 0 spiro atoms. The van der Waals surface area contributed by atoms with Crippen LogP contribution in [0, 0.1) is 5.82 Å². The molecular weight excluding hydrogens is 323 g/mol. The van der Waals surface area contributed by atoms with Gasteiger partial charge in [0.05, 0.1) is 6.04 Å². The maximum Gasteiger partial charge on any atom is 0.243 e. The topological polar surface area (TPSA) is 64.7 Å². The van der Waals surface area contributed by atoms with Crippen LogP contribution in [0.3, 0.4) is 0 Å². The molecule has 5 aliphatic heterocycles. The Morgan fingerprint density at radius 3 is 2.60 bits per heavy atom. The number of nitrogens with one attached hydrogen (secondary N) is 2. The first kappa shape index (κ1) is 15.3. The molecule has 1 aromatic carbocycles. The Balaban J connectivity index is 1.41. The van der Waals surface area contributed by atoms with E-state index in [-0.39, 0.29) is 23.7 Å². The van der Waals surface area contributed by atoms with Crippen LogP contribution < -0.4 is 15.5 Å². The molecule has 3 atom stereocenters. The average molecular weight is 344 g/mol. The molecule has 3 unspecified atom stereocenters. The number of halogens is 1. The highest BCUT2D eigenvalue weighted by atomic mass is 19.1. The van der Waals surface area contributed by atoms with Crippen molar-refractivity contribution in [1.82, 2.24) is 15.5 Å². The molecule has 0 aliphatic carbocycles. The lowest BCUT2D eigenvalue weighted by Gasteiger charge is -2.49. The molecule has 5 aliphatic rings. The summed E-state index contributed by atoms with van der Waals surface area (Å²) in [6.07, 6.45) is 2.11. The second kappa shape index (κ2) is 5.51. The maximum atomic E-state index is 14.2. The number of piperidine rings is 2. The van der Waals surface area contributed by atoms with Crippen LogP contribution in [0.15, 0.2) is 12.1 Å². The summed E-state index contributed by atoms with van der Waals surface area (Å²) < 4.78 is 14.2. The molecule has 132 valence electrons. The molecular formula is C18H21FN4O2. The first-order valence-electron chi connectivity index (χ1n) is 8.97. The van der Waals surface area contributed by atoms with E-state index in [9.17, 15) is 14.0 Å². The number of amides is 2. The lowest BCUT2D eigenvalue weighted by molar-refractivity contribution is -0.137. The number of fused-ring (bicyclic) bond motifs is 3. The lowest BCUT2D eigenvalue weighted by Crippen LogP contribution is -2.67. The summed E-state index contributed by atoms with van der Waals surface area (Å²) in [5, 5.41) is 5.92. The van der Waals surface area contributed by atoms with Crippen molar-refractivity contribution >= 4 is 17.5 Å². The maximum absolute atomic E-state index is 14.2. The number of hydrogen-bond donors (Lipinski definition) is 2. The predicted molar refractivity (Wildman–Crippen MR) is 89.4 cm³/mol. The highest BCUT2D eigenvalue weighted by Crippen LogP contribution is 2.37. The number of nitrogens with zero attached hydrogens (tertiary/aromatic N) is 2. The average Bonchev–Trinajstić information content (AvgIpc) is 2.96. The van der Waals surface area contributed by atoms with Gasteiger partial charge in [0, 0.05) is 50.4 Å². The van der Waals surface area contributed by atoms with Crippen LogP contribution >= 0.6 is 0 Å². The summed E-state index contributed by atoms with van der Waals surface area (Å²) in [6, 6.07) is 3.93. The van der Waals surface area contributed by atoms with Gasteiger partial charge in [0.25, 0.3) is 0 Å². The van der Waals surface area contributed by atoms with E-state index >= 15 is 0 Å². The quantitative estimate of drug-likeness (QED) is 0.765. The highest BCUT2D eigenvalue weighted by molar-refractivity contribution is 6.00. The molecule has 7 heteroatoms. The van der Waals surface area contributed by atoms with E-state index in [1.54, 1.807) is 12.1 Å². The van der Waals surface area contributed by atoms with Crippen molar-refractivity contribution in [2.24, 2.45) is 0 Å². The van der Waals surface area contributed by atoms with Crippen molar-refractivity contribution in [3.63, 3.8) is 0 Å². The van der Waals surface area contributed by atoms with Crippen molar-refractivity contribution in [2.75, 3.05) is 18.0 Å². The molecule has 0 aromatic heterocycles. The molecule has 2 bridgehead atoms. The van der Waals surface area contributed by atoms with E-state index in [4.69, 9.17) is 0 Å². The van der Waals surface area contributed by atoms with E-state index in [2.05, 4.69) is 20.4 Å². The van der Waals surface area contributed by atoms with Gasteiger partial charge < -0.3 is 10.2 Å². The van der Waals surface area contributed by atoms with Crippen molar-refractivity contribution in [3.05, 3.63) is 29.1 Å². The number of carbonyl (C=O) groups excluding carboxylic acids is 2. The summed E-state index contributed by atoms with van der Waals surface area (Å²) in [6.45, 7) is 3.01. The highest BCUT2D eigenvalue weighted by Gasteiger charge is 2.40. The summed E-state index contributed by atoms with van der Waals surface area (Å²) in [7, 11) is 0. The Morgan fingerprint density at radius 2 is 1.88 bits per heavy atom. The first-order chi connectivity index (χ1) is 12.1. The molecule has 1 aromatic rings. The van der Waals surface area contributed by atoms with Gasteiger partial charge in [-0.3, -0.25) is 19.8 Å². The van der Waals surface area contributed by atoms with Crippen LogP contribution in [0.2, 0.25) is 0 Å². The molecule has 4 fully saturated rings. The molecule has 4 saturated heterocycles. The minimum absolute atomic E-state index is 0.204. The van der Waals surface area contributed by atoms with Gasteiger partial charge in [-0.05, 0) is 36.1 Å². The van der Waals surface area contributed by atoms with Gasteiger partial charge in [-0.1, -0.05) is 0 Å². The van der Waals surface area contributed by atoms with Crippen LogP contribution in [0.25, 0.3) is 0 Å². The van der Waals surface area contributed by atoms with Crippen molar-refractivity contribution in [3.8, 4) is 0 Å². The Labute approximate surface area is 145 Å². The van der Waals surface area contributed by atoms with Crippen LogP contribution in [-0.4, -0.2) is 47.9 Å². The van der Waals surface area contributed by atoms with Crippen molar-refractivity contribution in [1.29, 1.82) is 0 Å². The molecule has 2 N–H and O–H groups in total. The van der Waals surface area contributed by atoms with Gasteiger partial charge in [0.2, 0.25) is 11.8 Å². The Morgan fingerprint density at radius 1 is 1.12 bits per heavy atom. The number of benzene rings is 1. The fourth-order valence-corrected chi connectivity index (χ4v) is 4.72. The van der Waals surface area contributed by atoms with E-state index in [0.29, 0.717) is 38.0 Å². The zero-order chi connectivity index (χ0) is 17.1. The first-order valence-corrected chi connectivity index (χ1v) is 8.97. The van der Waals surface area contributed by atoms with Gasteiger partial charge in [-0.25, -0.2) is 4.39 Å². The molecule has 6 rings (SSSR count). The second-order valence-electron chi connectivity index (χ2n) is 7.64. The third-order valence-electron chi connectivity index (χ3n) is 5.93. The van der Waals surface area contributed by atoms with E-state index in [1.165, 1.54) is 6.42 Å². The Hall–Kier alpha value is -1.99. The Kier molecular flexibility index (Phi) is 3.36. The minimum Gasteiger partial charge on any atom is -0.368 e. The lowest BCUT2D eigenvalue weighted by atomic mass is 9.90. The summed E-state index contributed by atoms with van der Waals surface area (Å²) in [5.74, 6) is -0.648. The van der Waals surface area contributed by atoms with Gasteiger partial charge in [-0.15, -0.1) is 0 Å². The van der Waals surface area contributed by atoms with Gasteiger partial charge in [0.1, 0.15) is 5.82 Å². The zero-order valence-corrected chi connectivity index (χ0v) is 13.9. The van der Waals surface area contributed by atoms with Crippen molar-refractivity contribution < 1.29 is 14.0 Å². The monoisotopic (exact) mass is 344 g/mol. The van der Waals surface area contributed by atoms with Gasteiger partial charge in [0.15, 0.2) is 0 Å². The van der Waals surface area contributed by atoms with Crippen LogP contribution in [0.4, 0.5) is 10.1 Å². The number of hydrogen-bond acceptors (Lipinski definition) is 5. The molecule has 6 nitrogen and oxygen atoms in total. The fraction of sp³-hybridized carbons (Fsp3) is 0.556. The fourth-order valence-electron chi connectivity index (χ4n) is 4.72. The van der Waals surface area contributed by atoms with Crippen molar-refractivity contribution in [2.45, 2.75) is 50.5 Å². The summed E-state index contributed by atoms with van der Waals surface area (Å²) >= 11 is 0. The number of imide groups is 1. The normalized spacial score (nSPS) is 31.6. The zero-order valence-electron chi connectivity index (χ0n) is 13.9. The molecule has 25 heavy (non-hydrogen) atoms. The third kappa shape index (κ3) is 2.53. The van der Waals surface area contributed by atoms with Crippen LogP contribution in [0.5, 0.6) is 0 Å². The number of piperazine rings is 1. The molecule has 0 saturated carbocycles. The standard InChI is InChI=1S/C18H21FN4O2/c19-11-3-10-6-22(15-1-2-17(24)21-18(15)25)9-14(10)16(4-11)23-7-12-5-13(8-23)20-12/h3-4,12-13,15,20H,1-2,5-9H2,(H,21,24,25). The minimum atomic E-state index is -0.308. The Bertz CT molecular complexity index is 752. The van der Waals surface area contributed by atoms with E-state index < -0.39 is 0 Å². The number of carbonyl (C=O) groups is 2. The third-order valence-corrected chi connectivity index (χ3v) is 5.93. The van der Waals surface area contributed by atoms with Crippen LogP contribution in [0.1, 0.15) is 30.4 Å². The van der Waals surface area contributed by atoms with E-state index in [1.807, 2.05) is 0 Å². The summed E-state index contributed by atoms with van der Waals surface area (Å²) in [5.41, 5.74) is 3.07. The summed E-state index contributed by atoms with van der Waals surface area (Å²) in [4.78, 5) is 27.9. The smallest absolute Gasteiger partial charge is 0.243 e. The molecule has 2 amide bonds. The SMILES string of the molecule is O=C1CCC(N2Cc3cc(F)cc(N4CC5CC(C4)N5)c3C2)C(=O)N1. The van der Waals surface area contributed by atoms with E-state index in [0.717, 1.165) is 29.9 Å². The molecule has 0 radical (unpaired) electrons. The molecule has 5 heterocycles.